The molecule has 0 aliphatic heterocycles. The van der Waals surface area contributed by atoms with Gasteiger partial charge in [-0.25, -0.2) is 4.98 Å². The second-order valence-electron chi connectivity index (χ2n) is 3.05. The molecule has 14 heavy (non-hydrogen) atoms. The first kappa shape index (κ1) is 9.71. The molecule has 1 atom stereocenters. The molecule has 0 amide bonds. The van der Waals surface area contributed by atoms with Gasteiger partial charge in [-0.1, -0.05) is 11.6 Å². The summed E-state index contributed by atoms with van der Waals surface area (Å²) in [6.45, 7) is 0. The number of nitrogens with two attached hydrogens (primary N) is 1. The van der Waals surface area contributed by atoms with Crippen LogP contribution in [0.5, 0.6) is 0 Å². The molecule has 2 heterocycles. The topological polar surface area (TPSA) is 43.8 Å². The van der Waals surface area contributed by atoms with E-state index in [0.717, 1.165) is 14.9 Å². The van der Waals surface area contributed by atoms with Gasteiger partial charge >= 0.3 is 0 Å². The molecule has 1 unspecified atom stereocenters. The van der Waals surface area contributed by atoms with Gasteiger partial charge in [-0.15, -0.1) is 11.3 Å². The van der Waals surface area contributed by atoms with Crippen LogP contribution >= 0.6 is 22.9 Å². The third kappa shape index (κ3) is 1.68. The Hall–Kier alpha value is -0.840. The van der Waals surface area contributed by atoms with Crippen LogP contribution in [0, 0.1) is 0 Å². The highest BCUT2D eigenvalue weighted by atomic mass is 35.5. The van der Waals surface area contributed by atoms with Crippen molar-refractivity contribution in [3.63, 3.8) is 0 Å². The SMILES string of the molecule is Cn1cncc1C(N)c1ccc(Cl)s1. The number of halogens is 1. The molecule has 74 valence electrons. The zero-order chi connectivity index (χ0) is 10.1. The molecule has 3 nitrogen and oxygen atoms in total. The van der Waals surface area contributed by atoms with E-state index < -0.39 is 0 Å². The molecule has 0 aliphatic rings. The summed E-state index contributed by atoms with van der Waals surface area (Å²) >= 11 is 7.35. The number of imidazole rings is 1. The summed E-state index contributed by atoms with van der Waals surface area (Å²) in [6.07, 6.45) is 3.52. The molecule has 0 saturated carbocycles. The number of aryl methyl sites for hydroxylation is 1. The first-order chi connectivity index (χ1) is 6.68. The van der Waals surface area contributed by atoms with Crippen LogP contribution in [0.1, 0.15) is 16.6 Å². The fraction of sp³-hybridized carbons (Fsp3) is 0.222. The van der Waals surface area contributed by atoms with Crippen molar-refractivity contribution in [3.8, 4) is 0 Å². The fourth-order valence-corrected chi connectivity index (χ4v) is 2.38. The predicted octanol–water partition coefficient (Wildman–Crippen LogP) is 2.18. The van der Waals surface area contributed by atoms with Gasteiger partial charge in [-0.3, -0.25) is 0 Å². The maximum absolute atomic E-state index is 6.07. The van der Waals surface area contributed by atoms with E-state index in [-0.39, 0.29) is 6.04 Å². The number of nitrogens with zero attached hydrogens (tertiary/aromatic N) is 2. The molecule has 0 radical (unpaired) electrons. The van der Waals surface area contributed by atoms with E-state index in [4.69, 9.17) is 17.3 Å². The van der Waals surface area contributed by atoms with Gasteiger partial charge in [0.2, 0.25) is 0 Å². The highest BCUT2D eigenvalue weighted by Gasteiger charge is 2.13. The summed E-state index contributed by atoms with van der Waals surface area (Å²) < 4.78 is 2.68. The van der Waals surface area contributed by atoms with Crippen molar-refractivity contribution >= 4 is 22.9 Å². The van der Waals surface area contributed by atoms with Gasteiger partial charge in [0.1, 0.15) is 0 Å². The number of hydrogen-bond donors (Lipinski definition) is 1. The molecule has 2 N–H and O–H groups in total. The number of thiophene rings is 1. The summed E-state index contributed by atoms with van der Waals surface area (Å²) in [7, 11) is 1.93. The van der Waals surface area contributed by atoms with Crippen LogP contribution in [-0.2, 0) is 7.05 Å². The lowest BCUT2D eigenvalue weighted by Gasteiger charge is -2.09. The Morgan fingerprint density at radius 1 is 1.57 bits per heavy atom. The largest absolute Gasteiger partial charge is 0.336 e. The van der Waals surface area contributed by atoms with Crippen molar-refractivity contribution in [2.45, 2.75) is 6.04 Å². The van der Waals surface area contributed by atoms with Crippen LogP contribution in [0.2, 0.25) is 4.34 Å². The first-order valence-electron chi connectivity index (χ1n) is 4.15. The minimum absolute atomic E-state index is 0.139. The van der Waals surface area contributed by atoms with Crippen LogP contribution in [0.25, 0.3) is 0 Å². The van der Waals surface area contributed by atoms with Gasteiger partial charge in [0.15, 0.2) is 0 Å². The van der Waals surface area contributed by atoms with Crippen LogP contribution in [-0.4, -0.2) is 9.55 Å². The highest BCUT2D eigenvalue weighted by molar-refractivity contribution is 7.16. The van der Waals surface area contributed by atoms with E-state index >= 15 is 0 Å². The van der Waals surface area contributed by atoms with E-state index in [1.54, 1.807) is 12.5 Å². The maximum atomic E-state index is 6.07. The zero-order valence-corrected chi connectivity index (χ0v) is 9.22. The van der Waals surface area contributed by atoms with Crippen molar-refractivity contribution in [2.75, 3.05) is 0 Å². The Morgan fingerprint density at radius 2 is 2.36 bits per heavy atom. The Morgan fingerprint density at radius 3 is 2.86 bits per heavy atom. The van der Waals surface area contributed by atoms with Crippen LogP contribution < -0.4 is 5.73 Å². The smallest absolute Gasteiger partial charge is 0.0946 e. The van der Waals surface area contributed by atoms with E-state index in [1.807, 2.05) is 23.7 Å². The monoisotopic (exact) mass is 227 g/mol. The average Bonchev–Trinajstić information content (AvgIpc) is 2.73. The average molecular weight is 228 g/mol. The summed E-state index contributed by atoms with van der Waals surface area (Å²) in [5.41, 5.74) is 7.06. The molecule has 0 saturated heterocycles. The van der Waals surface area contributed by atoms with Crippen LogP contribution in [0.4, 0.5) is 0 Å². The van der Waals surface area contributed by atoms with Crippen molar-refractivity contribution in [1.29, 1.82) is 0 Å². The zero-order valence-electron chi connectivity index (χ0n) is 7.64. The summed E-state index contributed by atoms with van der Waals surface area (Å²) in [5.74, 6) is 0. The Labute approximate surface area is 91.1 Å². The number of rotatable bonds is 2. The molecule has 0 aliphatic carbocycles. The van der Waals surface area contributed by atoms with Gasteiger partial charge in [-0.2, -0.15) is 0 Å². The quantitative estimate of drug-likeness (QED) is 0.855. The molecular weight excluding hydrogens is 218 g/mol. The maximum Gasteiger partial charge on any atom is 0.0946 e. The molecule has 2 aromatic rings. The van der Waals surface area contributed by atoms with E-state index in [2.05, 4.69) is 4.98 Å². The first-order valence-corrected chi connectivity index (χ1v) is 5.35. The standard InChI is InChI=1S/C9H10ClN3S/c1-13-5-12-4-6(13)9(11)7-2-3-8(10)14-7/h2-5,9H,11H2,1H3. The van der Waals surface area contributed by atoms with Gasteiger partial charge in [0.05, 0.1) is 28.6 Å². The summed E-state index contributed by atoms with van der Waals surface area (Å²) in [6, 6.07) is 3.67. The molecule has 0 aromatic carbocycles. The lowest BCUT2D eigenvalue weighted by molar-refractivity contribution is 0.755. The van der Waals surface area contributed by atoms with Crippen LogP contribution in [0.15, 0.2) is 24.7 Å². The van der Waals surface area contributed by atoms with Crippen molar-refractivity contribution in [1.82, 2.24) is 9.55 Å². The van der Waals surface area contributed by atoms with E-state index in [1.165, 1.54) is 11.3 Å². The Balaban J connectivity index is 2.33. The van der Waals surface area contributed by atoms with Gasteiger partial charge in [-0.05, 0) is 12.1 Å². The lowest BCUT2D eigenvalue weighted by atomic mass is 10.2. The summed E-state index contributed by atoms with van der Waals surface area (Å²) in [4.78, 5) is 5.08. The minimum atomic E-state index is -0.139. The van der Waals surface area contributed by atoms with E-state index in [9.17, 15) is 0 Å². The fourth-order valence-electron chi connectivity index (χ4n) is 1.31. The number of hydrogen-bond acceptors (Lipinski definition) is 3. The molecule has 0 bridgehead atoms. The third-order valence-electron chi connectivity index (χ3n) is 2.07. The van der Waals surface area contributed by atoms with Gasteiger partial charge in [0.25, 0.3) is 0 Å². The highest BCUT2D eigenvalue weighted by Crippen LogP contribution is 2.28. The molecular formula is C9H10ClN3S. The molecule has 5 heteroatoms. The Kier molecular flexibility index (Phi) is 2.58. The van der Waals surface area contributed by atoms with Gasteiger partial charge in [0, 0.05) is 11.9 Å². The predicted molar refractivity (Wildman–Crippen MR) is 58.6 cm³/mol. The minimum Gasteiger partial charge on any atom is -0.336 e. The molecule has 2 rings (SSSR count). The molecule has 2 aromatic heterocycles. The van der Waals surface area contributed by atoms with Crippen molar-refractivity contribution < 1.29 is 0 Å². The Bertz CT molecular complexity index is 435. The second kappa shape index (κ2) is 3.73. The van der Waals surface area contributed by atoms with Crippen molar-refractivity contribution in [2.24, 2.45) is 12.8 Å². The van der Waals surface area contributed by atoms with E-state index in [0.29, 0.717) is 0 Å². The lowest BCUT2D eigenvalue weighted by Crippen LogP contribution is -2.13. The third-order valence-corrected chi connectivity index (χ3v) is 3.39. The van der Waals surface area contributed by atoms with Crippen LogP contribution in [0.3, 0.4) is 0 Å². The molecule has 0 fully saturated rings. The molecule has 0 spiro atoms. The summed E-state index contributed by atoms with van der Waals surface area (Å²) in [5, 5.41) is 0. The van der Waals surface area contributed by atoms with Crippen molar-refractivity contribution in [3.05, 3.63) is 39.6 Å². The second-order valence-corrected chi connectivity index (χ2v) is 4.80. The normalized spacial score (nSPS) is 13.1. The number of aromatic nitrogens is 2. The van der Waals surface area contributed by atoms with Gasteiger partial charge < -0.3 is 10.3 Å².